The normalized spacial score (nSPS) is 17.1. The first-order chi connectivity index (χ1) is 14.7. The maximum absolute atomic E-state index is 13.3. The van der Waals surface area contributed by atoms with Gasteiger partial charge in [-0.1, -0.05) is 31.9 Å². The fourth-order valence-electron chi connectivity index (χ4n) is 3.54. The van der Waals surface area contributed by atoms with Crippen LogP contribution in [0.4, 0.5) is 0 Å². The standard InChI is InChI=1S/C26H28Br2O3/c1-16(2)30-24-10-8-22(27)14-20(24)12-18-6-5-7-19(26(18)29)13-21-15-23(28)9-11-25(21)31-17(3)4/h8-17H,5-7H2,1-4H3. The van der Waals surface area contributed by atoms with Gasteiger partial charge in [-0.3, -0.25) is 4.79 Å². The Labute approximate surface area is 201 Å². The Hall–Kier alpha value is -1.85. The molecule has 0 amide bonds. The van der Waals surface area contributed by atoms with Crippen LogP contribution in [0.15, 0.2) is 56.5 Å². The van der Waals surface area contributed by atoms with E-state index in [1.807, 2.05) is 76.2 Å². The molecule has 0 N–H and O–H groups in total. The first-order valence-corrected chi connectivity index (χ1v) is 12.2. The van der Waals surface area contributed by atoms with Crippen LogP contribution in [0.1, 0.15) is 58.1 Å². The molecule has 3 nitrogen and oxygen atoms in total. The number of benzene rings is 2. The number of hydrogen-bond acceptors (Lipinski definition) is 3. The highest BCUT2D eigenvalue weighted by molar-refractivity contribution is 9.10. The van der Waals surface area contributed by atoms with E-state index < -0.39 is 0 Å². The topological polar surface area (TPSA) is 35.5 Å². The van der Waals surface area contributed by atoms with E-state index >= 15 is 0 Å². The fraction of sp³-hybridized carbons (Fsp3) is 0.346. The number of Topliss-reactive ketones (excluding diaryl/α,β-unsaturated/α-hetero) is 1. The summed E-state index contributed by atoms with van der Waals surface area (Å²) < 4.78 is 13.8. The Bertz CT molecular complexity index is 940. The zero-order valence-electron chi connectivity index (χ0n) is 18.4. The summed E-state index contributed by atoms with van der Waals surface area (Å²) in [6.07, 6.45) is 6.54. The Morgan fingerprint density at radius 2 is 1.19 bits per heavy atom. The van der Waals surface area contributed by atoms with Crippen LogP contribution in [-0.2, 0) is 4.79 Å². The molecule has 5 heteroatoms. The Morgan fingerprint density at radius 3 is 1.58 bits per heavy atom. The largest absolute Gasteiger partial charge is 0.490 e. The van der Waals surface area contributed by atoms with Gasteiger partial charge in [0.1, 0.15) is 11.5 Å². The van der Waals surface area contributed by atoms with Gasteiger partial charge < -0.3 is 9.47 Å². The van der Waals surface area contributed by atoms with E-state index in [0.717, 1.165) is 62.0 Å². The quantitative estimate of drug-likeness (QED) is 0.343. The molecule has 0 atom stereocenters. The van der Waals surface area contributed by atoms with Crippen LogP contribution in [0.25, 0.3) is 12.2 Å². The molecule has 2 aromatic rings. The third kappa shape index (κ3) is 6.56. The lowest BCUT2D eigenvalue weighted by Crippen LogP contribution is -2.13. The molecule has 0 aromatic heterocycles. The number of hydrogen-bond donors (Lipinski definition) is 0. The molecule has 164 valence electrons. The lowest BCUT2D eigenvalue weighted by molar-refractivity contribution is -0.112. The molecule has 0 bridgehead atoms. The molecular weight excluding hydrogens is 520 g/mol. The number of ketones is 1. The number of carbonyl (C=O) groups excluding carboxylic acids is 1. The van der Waals surface area contributed by atoms with Crippen LogP contribution < -0.4 is 9.47 Å². The van der Waals surface area contributed by atoms with E-state index in [9.17, 15) is 4.79 Å². The van der Waals surface area contributed by atoms with Crippen molar-refractivity contribution in [1.82, 2.24) is 0 Å². The van der Waals surface area contributed by atoms with Gasteiger partial charge in [-0.15, -0.1) is 0 Å². The zero-order chi connectivity index (χ0) is 22.5. The molecule has 2 aromatic carbocycles. The van der Waals surface area contributed by atoms with Crippen LogP contribution in [0.2, 0.25) is 0 Å². The molecule has 0 radical (unpaired) electrons. The molecule has 1 aliphatic rings. The maximum atomic E-state index is 13.3. The van der Waals surface area contributed by atoms with Crippen LogP contribution in [0.5, 0.6) is 11.5 Å². The fourth-order valence-corrected chi connectivity index (χ4v) is 4.30. The molecule has 3 rings (SSSR count). The van der Waals surface area contributed by atoms with Gasteiger partial charge in [0.05, 0.1) is 12.2 Å². The van der Waals surface area contributed by atoms with E-state index in [4.69, 9.17) is 9.47 Å². The van der Waals surface area contributed by atoms with Crippen molar-refractivity contribution >= 4 is 49.8 Å². The Kier molecular flexibility index (Phi) is 8.17. The smallest absolute Gasteiger partial charge is 0.185 e. The second kappa shape index (κ2) is 10.6. The first-order valence-electron chi connectivity index (χ1n) is 10.6. The van der Waals surface area contributed by atoms with Crippen molar-refractivity contribution in [3.05, 3.63) is 67.6 Å². The molecule has 1 fully saturated rings. The molecular formula is C26H28Br2O3. The predicted octanol–water partition coefficient (Wildman–Crippen LogP) is 8.01. The molecule has 1 aliphatic carbocycles. The monoisotopic (exact) mass is 546 g/mol. The number of halogens is 2. The highest BCUT2D eigenvalue weighted by Gasteiger charge is 2.22. The van der Waals surface area contributed by atoms with Gasteiger partial charge in [0.2, 0.25) is 0 Å². The van der Waals surface area contributed by atoms with Crippen molar-refractivity contribution in [1.29, 1.82) is 0 Å². The van der Waals surface area contributed by atoms with Gasteiger partial charge in [0.25, 0.3) is 0 Å². The average molecular weight is 548 g/mol. The highest BCUT2D eigenvalue weighted by Crippen LogP contribution is 2.34. The van der Waals surface area contributed by atoms with Gasteiger partial charge in [-0.25, -0.2) is 0 Å². The highest BCUT2D eigenvalue weighted by atomic mass is 79.9. The zero-order valence-corrected chi connectivity index (χ0v) is 21.5. The third-order valence-corrected chi connectivity index (χ3v) is 5.79. The van der Waals surface area contributed by atoms with Gasteiger partial charge in [-0.05, 0) is 95.5 Å². The number of carbonyl (C=O) groups is 1. The summed E-state index contributed by atoms with van der Waals surface area (Å²) in [7, 11) is 0. The van der Waals surface area contributed by atoms with Crippen LogP contribution in [0.3, 0.4) is 0 Å². The summed E-state index contributed by atoms with van der Waals surface area (Å²) in [6, 6.07) is 11.8. The van der Waals surface area contributed by atoms with E-state index in [1.165, 1.54) is 0 Å². The van der Waals surface area contributed by atoms with Crippen LogP contribution >= 0.6 is 31.9 Å². The van der Waals surface area contributed by atoms with E-state index in [-0.39, 0.29) is 18.0 Å². The van der Waals surface area contributed by atoms with Gasteiger partial charge >= 0.3 is 0 Å². The number of ether oxygens (including phenoxy) is 2. The first kappa shape index (κ1) is 23.8. The van der Waals surface area contributed by atoms with E-state index in [0.29, 0.717) is 0 Å². The van der Waals surface area contributed by atoms with Gasteiger partial charge in [-0.2, -0.15) is 0 Å². The SMILES string of the molecule is CC(C)Oc1ccc(Br)cc1C=C1CCCC(=Cc2cc(Br)ccc2OC(C)C)C1=O. The lowest BCUT2D eigenvalue weighted by atomic mass is 9.86. The molecule has 0 spiro atoms. The van der Waals surface area contributed by atoms with Crippen molar-refractivity contribution in [2.24, 2.45) is 0 Å². The summed E-state index contributed by atoms with van der Waals surface area (Å²) in [5, 5.41) is 0. The molecule has 0 aliphatic heterocycles. The lowest BCUT2D eigenvalue weighted by Gasteiger charge is -2.19. The van der Waals surface area contributed by atoms with Crippen molar-refractivity contribution < 1.29 is 14.3 Å². The minimum atomic E-state index is 0.0618. The molecule has 31 heavy (non-hydrogen) atoms. The van der Waals surface area contributed by atoms with Crippen molar-refractivity contribution in [3.8, 4) is 11.5 Å². The summed E-state index contributed by atoms with van der Waals surface area (Å²) in [5.41, 5.74) is 3.45. The van der Waals surface area contributed by atoms with Crippen molar-refractivity contribution in [3.63, 3.8) is 0 Å². The summed E-state index contributed by atoms with van der Waals surface area (Å²) in [6.45, 7) is 8.00. The Balaban J connectivity index is 1.96. The van der Waals surface area contributed by atoms with Crippen LogP contribution in [-0.4, -0.2) is 18.0 Å². The summed E-state index contributed by atoms with van der Waals surface area (Å²) in [5.74, 6) is 1.67. The van der Waals surface area contributed by atoms with E-state index in [1.54, 1.807) is 0 Å². The minimum Gasteiger partial charge on any atom is -0.490 e. The molecule has 0 saturated heterocycles. The average Bonchev–Trinajstić information content (AvgIpc) is 2.68. The van der Waals surface area contributed by atoms with E-state index in [2.05, 4.69) is 31.9 Å². The number of allylic oxidation sites excluding steroid dienone is 2. The van der Waals surface area contributed by atoms with Crippen molar-refractivity contribution in [2.75, 3.05) is 0 Å². The minimum absolute atomic E-state index is 0.0618. The van der Waals surface area contributed by atoms with Crippen molar-refractivity contribution in [2.45, 2.75) is 59.2 Å². The Morgan fingerprint density at radius 1 is 0.774 bits per heavy atom. The number of rotatable bonds is 6. The van der Waals surface area contributed by atoms with Gasteiger partial charge in [0.15, 0.2) is 5.78 Å². The third-order valence-electron chi connectivity index (χ3n) is 4.80. The van der Waals surface area contributed by atoms with Gasteiger partial charge in [0, 0.05) is 31.2 Å². The maximum Gasteiger partial charge on any atom is 0.185 e. The molecule has 0 unspecified atom stereocenters. The molecule has 0 heterocycles. The molecule has 1 saturated carbocycles. The second-order valence-electron chi connectivity index (χ2n) is 8.22. The predicted molar refractivity (Wildman–Crippen MR) is 135 cm³/mol. The van der Waals surface area contributed by atoms with Crippen LogP contribution in [0, 0.1) is 0 Å². The second-order valence-corrected chi connectivity index (χ2v) is 10.1. The summed E-state index contributed by atoms with van der Waals surface area (Å²) in [4.78, 5) is 13.3. The summed E-state index contributed by atoms with van der Waals surface area (Å²) >= 11 is 7.07.